The summed E-state index contributed by atoms with van der Waals surface area (Å²) < 4.78 is 24.3. The van der Waals surface area contributed by atoms with E-state index in [1.807, 2.05) is 18.2 Å². The average Bonchev–Trinajstić information content (AvgIpc) is 2.49. The van der Waals surface area contributed by atoms with E-state index in [1.165, 1.54) is 23.9 Å². The summed E-state index contributed by atoms with van der Waals surface area (Å²) in [5.74, 6) is 1.10. The van der Waals surface area contributed by atoms with Gasteiger partial charge in [0.05, 0.1) is 6.10 Å². The number of fused-ring (bicyclic) bond motifs is 1. The number of rotatable bonds is 3. The molecule has 3 nitrogen and oxygen atoms in total. The van der Waals surface area contributed by atoms with Gasteiger partial charge in [0.15, 0.2) is 11.5 Å². The summed E-state index contributed by atoms with van der Waals surface area (Å²) >= 11 is 1.46. The fourth-order valence-corrected chi connectivity index (χ4v) is 3.19. The molecular weight excluding hydrogens is 291 g/mol. The normalized spacial score (nSPS) is 14.8. The minimum absolute atomic E-state index is 0.350. The molecule has 110 valence electrons. The van der Waals surface area contributed by atoms with Gasteiger partial charge in [0.25, 0.3) is 0 Å². The zero-order valence-electron chi connectivity index (χ0n) is 11.5. The summed E-state index contributed by atoms with van der Waals surface area (Å²) in [6.07, 6.45) is -0.722. The third-order valence-electron chi connectivity index (χ3n) is 3.16. The number of hydrogen-bond acceptors (Lipinski definition) is 4. The van der Waals surface area contributed by atoms with E-state index in [0.717, 1.165) is 15.5 Å². The Morgan fingerprint density at radius 3 is 2.62 bits per heavy atom. The van der Waals surface area contributed by atoms with Crippen LogP contribution in [0.3, 0.4) is 0 Å². The lowest BCUT2D eigenvalue weighted by atomic mass is 10.1. The summed E-state index contributed by atoms with van der Waals surface area (Å²) in [4.78, 5) is 1.77. The SMILES string of the molecule is C[C@H](O)c1cc(F)ccc1Sc1ccc2c(c1)OCCO2. The van der Waals surface area contributed by atoms with Crippen LogP contribution in [0.2, 0.25) is 0 Å². The zero-order chi connectivity index (χ0) is 14.8. The maximum atomic E-state index is 13.3. The van der Waals surface area contributed by atoms with Gasteiger partial charge in [-0.3, -0.25) is 0 Å². The van der Waals surface area contributed by atoms with Crippen molar-refractivity contribution in [2.24, 2.45) is 0 Å². The molecule has 1 atom stereocenters. The first-order valence-corrected chi connectivity index (χ1v) is 7.50. The molecule has 0 unspecified atom stereocenters. The van der Waals surface area contributed by atoms with Crippen molar-refractivity contribution in [2.75, 3.05) is 13.2 Å². The van der Waals surface area contributed by atoms with E-state index in [0.29, 0.717) is 24.5 Å². The number of halogens is 1. The highest BCUT2D eigenvalue weighted by Gasteiger charge is 2.14. The summed E-state index contributed by atoms with van der Waals surface area (Å²) in [5.41, 5.74) is 0.579. The summed E-state index contributed by atoms with van der Waals surface area (Å²) in [5, 5.41) is 9.77. The number of benzene rings is 2. The van der Waals surface area contributed by atoms with Gasteiger partial charge in [-0.1, -0.05) is 11.8 Å². The van der Waals surface area contributed by atoms with Crippen LogP contribution in [-0.4, -0.2) is 18.3 Å². The fraction of sp³-hybridized carbons (Fsp3) is 0.250. The standard InChI is InChI=1S/C16H15FO3S/c1-10(18)13-8-11(17)2-5-16(13)21-12-3-4-14-15(9-12)20-7-6-19-14/h2-5,8-10,18H,6-7H2,1H3/t10-/m0/s1. The van der Waals surface area contributed by atoms with Crippen LogP contribution in [0.1, 0.15) is 18.6 Å². The number of aliphatic hydroxyl groups is 1. The molecule has 5 heteroatoms. The van der Waals surface area contributed by atoms with E-state index in [2.05, 4.69) is 0 Å². The molecule has 2 aromatic carbocycles. The number of aliphatic hydroxyl groups excluding tert-OH is 1. The van der Waals surface area contributed by atoms with Crippen LogP contribution >= 0.6 is 11.8 Å². The predicted octanol–water partition coefficient (Wildman–Crippen LogP) is 3.80. The highest BCUT2D eigenvalue weighted by Crippen LogP contribution is 2.39. The van der Waals surface area contributed by atoms with Crippen molar-refractivity contribution in [1.82, 2.24) is 0 Å². The first kappa shape index (κ1) is 14.2. The summed E-state index contributed by atoms with van der Waals surface area (Å²) in [7, 11) is 0. The number of ether oxygens (including phenoxy) is 2. The fourth-order valence-electron chi connectivity index (χ4n) is 2.15. The van der Waals surface area contributed by atoms with E-state index in [1.54, 1.807) is 13.0 Å². The molecule has 0 fully saturated rings. The van der Waals surface area contributed by atoms with Crippen LogP contribution in [0.5, 0.6) is 11.5 Å². The Bertz CT molecular complexity index is 658. The molecule has 0 spiro atoms. The minimum Gasteiger partial charge on any atom is -0.486 e. The molecular formula is C16H15FO3S. The van der Waals surface area contributed by atoms with Gasteiger partial charge in [-0.15, -0.1) is 0 Å². The van der Waals surface area contributed by atoms with Gasteiger partial charge in [0, 0.05) is 9.79 Å². The second kappa shape index (κ2) is 5.95. The Morgan fingerprint density at radius 1 is 1.10 bits per heavy atom. The Labute approximate surface area is 126 Å². The second-order valence-corrected chi connectivity index (χ2v) is 5.88. The van der Waals surface area contributed by atoms with Crippen LogP contribution < -0.4 is 9.47 Å². The summed E-state index contributed by atoms with van der Waals surface area (Å²) in [6.45, 7) is 2.73. The Balaban J connectivity index is 1.90. The van der Waals surface area contributed by atoms with E-state index < -0.39 is 6.10 Å². The van der Waals surface area contributed by atoms with Crippen molar-refractivity contribution in [3.8, 4) is 11.5 Å². The largest absolute Gasteiger partial charge is 0.486 e. The Kier molecular flexibility index (Phi) is 4.03. The molecule has 0 bridgehead atoms. The van der Waals surface area contributed by atoms with Gasteiger partial charge in [0.1, 0.15) is 19.0 Å². The molecule has 3 rings (SSSR count). The Morgan fingerprint density at radius 2 is 1.86 bits per heavy atom. The molecule has 0 radical (unpaired) electrons. The predicted molar refractivity (Wildman–Crippen MR) is 78.6 cm³/mol. The lowest BCUT2D eigenvalue weighted by Gasteiger charge is -2.19. The van der Waals surface area contributed by atoms with Crippen molar-refractivity contribution >= 4 is 11.8 Å². The first-order valence-electron chi connectivity index (χ1n) is 6.68. The van der Waals surface area contributed by atoms with Crippen molar-refractivity contribution in [3.05, 3.63) is 47.8 Å². The van der Waals surface area contributed by atoms with Gasteiger partial charge in [-0.05, 0) is 48.9 Å². The van der Waals surface area contributed by atoms with E-state index in [4.69, 9.17) is 9.47 Å². The van der Waals surface area contributed by atoms with Gasteiger partial charge in [-0.2, -0.15) is 0 Å². The molecule has 1 N–H and O–H groups in total. The number of hydrogen-bond donors (Lipinski definition) is 1. The van der Waals surface area contributed by atoms with Gasteiger partial charge in [-0.25, -0.2) is 4.39 Å². The minimum atomic E-state index is -0.722. The van der Waals surface area contributed by atoms with Crippen molar-refractivity contribution in [2.45, 2.75) is 22.8 Å². The van der Waals surface area contributed by atoms with E-state index in [-0.39, 0.29) is 5.82 Å². The lowest BCUT2D eigenvalue weighted by molar-refractivity contribution is 0.171. The van der Waals surface area contributed by atoms with Crippen molar-refractivity contribution < 1.29 is 19.0 Å². The van der Waals surface area contributed by atoms with Crippen molar-refractivity contribution in [3.63, 3.8) is 0 Å². The second-order valence-electron chi connectivity index (χ2n) is 4.77. The highest BCUT2D eigenvalue weighted by atomic mass is 32.2. The molecule has 2 aromatic rings. The monoisotopic (exact) mass is 306 g/mol. The maximum absolute atomic E-state index is 13.3. The molecule has 0 saturated carbocycles. The molecule has 1 aliphatic heterocycles. The molecule has 1 heterocycles. The van der Waals surface area contributed by atoms with Crippen LogP contribution in [0.15, 0.2) is 46.2 Å². The topological polar surface area (TPSA) is 38.7 Å². The highest BCUT2D eigenvalue weighted by molar-refractivity contribution is 7.99. The van der Waals surface area contributed by atoms with Crippen LogP contribution in [0.25, 0.3) is 0 Å². The molecule has 0 aromatic heterocycles. The van der Waals surface area contributed by atoms with Crippen LogP contribution in [-0.2, 0) is 0 Å². The smallest absolute Gasteiger partial charge is 0.162 e. The third-order valence-corrected chi connectivity index (χ3v) is 4.24. The van der Waals surface area contributed by atoms with Crippen molar-refractivity contribution in [1.29, 1.82) is 0 Å². The molecule has 0 aliphatic carbocycles. The van der Waals surface area contributed by atoms with Gasteiger partial charge >= 0.3 is 0 Å². The lowest BCUT2D eigenvalue weighted by Crippen LogP contribution is -2.15. The molecule has 21 heavy (non-hydrogen) atoms. The van der Waals surface area contributed by atoms with E-state index >= 15 is 0 Å². The molecule has 0 amide bonds. The van der Waals surface area contributed by atoms with Gasteiger partial charge < -0.3 is 14.6 Å². The maximum Gasteiger partial charge on any atom is 0.162 e. The Hall–Kier alpha value is -1.72. The first-order chi connectivity index (χ1) is 10.1. The van der Waals surface area contributed by atoms with E-state index in [9.17, 15) is 9.50 Å². The van der Waals surface area contributed by atoms with Gasteiger partial charge in [0.2, 0.25) is 0 Å². The summed E-state index contributed by atoms with van der Waals surface area (Å²) in [6, 6.07) is 10.1. The molecule has 0 saturated heterocycles. The van der Waals surface area contributed by atoms with Crippen LogP contribution in [0, 0.1) is 5.82 Å². The molecule has 1 aliphatic rings. The average molecular weight is 306 g/mol. The third kappa shape index (κ3) is 3.14. The zero-order valence-corrected chi connectivity index (χ0v) is 12.3. The van der Waals surface area contributed by atoms with Crippen LogP contribution in [0.4, 0.5) is 4.39 Å². The quantitative estimate of drug-likeness (QED) is 0.936.